The lowest BCUT2D eigenvalue weighted by Crippen LogP contribution is -2.37. The quantitative estimate of drug-likeness (QED) is 0.447. The summed E-state index contributed by atoms with van der Waals surface area (Å²) in [5.74, 6) is 1.51. The molecule has 1 amide bonds. The highest BCUT2D eigenvalue weighted by Crippen LogP contribution is 2.40. The molecule has 1 N–H and O–H groups in total. The minimum atomic E-state index is -0.319. The largest absolute Gasteiger partial charge is 0.489 e. The van der Waals surface area contributed by atoms with Crippen LogP contribution in [0.4, 0.5) is 11.4 Å². The van der Waals surface area contributed by atoms with Crippen LogP contribution < -0.4 is 15.0 Å². The zero-order chi connectivity index (χ0) is 24.8. The first-order chi connectivity index (χ1) is 18.2. The molecular weight excluding hydrogens is 472 g/mol. The van der Waals surface area contributed by atoms with Crippen molar-refractivity contribution < 1.29 is 14.3 Å². The van der Waals surface area contributed by atoms with Crippen LogP contribution in [0.5, 0.6) is 5.75 Å². The second-order valence-corrected chi connectivity index (χ2v) is 9.43. The number of fused-ring (bicyclic) bond motifs is 3. The van der Waals surface area contributed by atoms with Gasteiger partial charge in [-0.3, -0.25) is 4.79 Å². The summed E-state index contributed by atoms with van der Waals surface area (Å²) in [4.78, 5) is 29.3. The van der Waals surface area contributed by atoms with E-state index in [2.05, 4.69) is 36.5 Å². The van der Waals surface area contributed by atoms with Crippen LogP contribution in [0.15, 0.2) is 49.3 Å². The van der Waals surface area contributed by atoms with E-state index < -0.39 is 0 Å². The maximum Gasteiger partial charge on any atom is 0.274 e. The normalized spacial score (nSPS) is 16.9. The van der Waals surface area contributed by atoms with E-state index in [1.54, 1.807) is 10.9 Å². The van der Waals surface area contributed by atoms with E-state index in [0.717, 1.165) is 35.7 Å². The highest BCUT2D eigenvalue weighted by atomic mass is 16.5. The van der Waals surface area contributed by atoms with Crippen molar-refractivity contribution in [3.8, 4) is 22.8 Å². The lowest BCUT2D eigenvalue weighted by atomic mass is 10.1. The Morgan fingerprint density at radius 1 is 1.03 bits per heavy atom. The van der Waals surface area contributed by atoms with Gasteiger partial charge in [-0.1, -0.05) is 6.07 Å². The summed E-state index contributed by atoms with van der Waals surface area (Å²) in [7, 11) is 0. The van der Waals surface area contributed by atoms with Crippen molar-refractivity contribution in [3.05, 3.63) is 60.7 Å². The number of hydrogen-bond donors (Lipinski definition) is 1. The number of carbonyl (C=O) groups excluding carboxylic acids is 1. The summed E-state index contributed by atoms with van der Waals surface area (Å²) in [6.07, 6.45) is 9.56. The lowest BCUT2D eigenvalue weighted by molar-refractivity contribution is 0.102. The minimum absolute atomic E-state index is 0.308. The number of amides is 1. The first-order valence-corrected chi connectivity index (χ1v) is 12.6. The summed E-state index contributed by atoms with van der Waals surface area (Å²) in [5, 5.41) is 7.27. The Morgan fingerprint density at radius 3 is 2.78 bits per heavy atom. The molecule has 5 heterocycles. The van der Waals surface area contributed by atoms with E-state index in [1.807, 2.05) is 35.2 Å². The Bertz CT molecular complexity index is 1470. The van der Waals surface area contributed by atoms with E-state index >= 15 is 0 Å². The van der Waals surface area contributed by atoms with Crippen LogP contribution in [0.3, 0.4) is 0 Å². The van der Waals surface area contributed by atoms with Gasteiger partial charge in [0.1, 0.15) is 18.6 Å². The summed E-state index contributed by atoms with van der Waals surface area (Å²) in [6, 6.07) is 7.44. The van der Waals surface area contributed by atoms with Gasteiger partial charge in [0, 0.05) is 25.2 Å². The van der Waals surface area contributed by atoms with Gasteiger partial charge in [0.25, 0.3) is 5.91 Å². The van der Waals surface area contributed by atoms with Crippen LogP contribution in [-0.4, -0.2) is 68.1 Å². The molecule has 1 saturated heterocycles. The van der Waals surface area contributed by atoms with Gasteiger partial charge < -0.3 is 24.3 Å². The molecule has 11 nitrogen and oxygen atoms in total. The Balaban J connectivity index is 1.23. The number of hydrogen-bond acceptors (Lipinski definition) is 8. The number of nitrogens with zero attached hydrogens (tertiary/aromatic N) is 7. The Hall–Kier alpha value is -4.25. The van der Waals surface area contributed by atoms with Gasteiger partial charge in [0.15, 0.2) is 11.6 Å². The van der Waals surface area contributed by atoms with Crippen LogP contribution in [-0.2, 0) is 11.3 Å². The molecule has 2 fully saturated rings. The predicted octanol–water partition coefficient (Wildman–Crippen LogP) is 2.88. The number of benzene rings is 1. The number of para-hydroxylation sites is 1. The summed E-state index contributed by atoms with van der Waals surface area (Å²) >= 11 is 0. The average Bonchev–Trinajstić information content (AvgIpc) is 3.54. The number of imidazole rings is 1. The van der Waals surface area contributed by atoms with Gasteiger partial charge in [-0.2, -0.15) is 5.10 Å². The molecular formula is C26H26N8O3. The van der Waals surface area contributed by atoms with Gasteiger partial charge in [-0.05, 0) is 31.0 Å². The van der Waals surface area contributed by atoms with E-state index in [-0.39, 0.29) is 5.91 Å². The van der Waals surface area contributed by atoms with Crippen LogP contribution in [0.25, 0.3) is 17.1 Å². The standard InChI is InChI=1S/C26H26N8O3/c35-26(31-19-3-1-2-18-24(19)37-11-8-34-25(18)28-15-30-34)20-12-22(33-14-21(29-16-33)17-4-5-17)23(13-27-20)32-6-9-36-10-7-32/h1-3,12-17H,4-11H2,(H,31,35). The molecule has 0 atom stereocenters. The molecule has 0 spiro atoms. The van der Waals surface area contributed by atoms with Crippen molar-refractivity contribution in [2.24, 2.45) is 0 Å². The van der Waals surface area contributed by atoms with Gasteiger partial charge in [0.05, 0.1) is 60.6 Å². The van der Waals surface area contributed by atoms with Crippen molar-refractivity contribution in [2.45, 2.75) is 25.3 Å². The third kappa shape index (κ3) is 4.10. The van der Waals surface area contributed by atoms with Crippen LogP contribution in [0, 0.1) is 0 Å². The first kappa shape index (κ1) is 22.0. The molecule has 1 aliphatic carbocycles. The zero-order valence-electron chi connectivity index (χ0n) is 20.2. The van der Waals surface area contributed by atoms with Gasteiger partial charge in [-0.25, -0.2) is 19.6 Å². The van der Waals surface area contributed by atoms with Crippen LogP contribution in [0.2, 0.25) is 0 Å². The maximum atomic E-state index is 13.5. The molecule has 3 aliphatic rings. The number of nitrogens with one attached hydrogen (secondary N) is 1. The Kier molecular flexibility index (Phi) is 5.35. The smallest absolute Gasteiger partial charge is 0.274 e. The van der Waals surface area contributed by atoms with Crippen molar-refractivity contribution in [3.63, 3.8) is 0 Å². The molecule has 7 rings (SSSR count). The molecule has 1 aromatic carbocycles. The number of rotatable bonds is 5. The predicted molar refractivity (Wildman–Crippen MR) is 135 cm³/mol. The maximum absolute atomic E-state index is 13.5. The van der Waals surface area contributed by atoms with Gasteiger partial charge in [-0.15, -0.1) is 0 Å². The zero-order valence-corrected chi connectivity index (χ0v) is 20.2. The molecule has 1 saturated carbocycles. The molecule has 11 heteroatoms. The topological polar surface area (TPSA) is 112 Å². The van der Waals surface area contributed by atoms with Crippen molar-refractivity contribution in [1.29, 1.82) is 0 Å². The van der Waals surface area contributed by atoms with Crippen molar-refractivity contribution in [1.82, 2.24) is 29.3 Å². The number of ether oxygens (including phenoxy) is 2. The molecule has 0 radical (unpaired) electrons. The SMILES string of the molecule is O=C(Nc1cccc2c1OCCn1ncnc1-2)c1cc(-n2cnc(C3CC3)c2)c(N2CCOCC2)cn1. The average molecular weight is 499 g/mol. The second kappa shape index (κ2) is 9.00. The fraction of sp³-hybridized carbons (Fsp3) is 0.346. The number of aromatic nitrogens is 6. The van der Waals surface area contributed by atoms with E-state index in [9.17, 15) is 4.79 Å². The van der Waals surface area contributed by atoms with Crippen LogP contribution in [0.1, 0.15) is 34.9 Å². The molecule has 0 bridgehead atoms. The number of pyridine rings is 1. The van der Waals surface area contributed by atoms with Gasteiger partial charge >= 0.3 is 0 Å². The minimum Gasteiger partial charge on any atom is -0.489 e. The summed E-state index contributed by atoms with van der Waals surface area (Å²) < 4.78 is 15.4. The number of carbonyl (C=O) groups is 1. The fourth-order valence-corrected chi connectivity index (χ4v) is 4.90. The lowest BCUT2D eigenvalue weighted by Gasteiger charge is -2.30. The highest BCUT2D eigenvalue weighted by Gasteiger charge is 2.27. The summed E-state index contributed by atoms with van der Waals surface area (Å²) in [5.41, 5.74) is 4.58. The monoisotopic (exact) mass is 498 g/mol. The number of anilines is 2. The van der Waals surface area contributed by atoms with Gasteiger partial charge in [0.2, 0.25) is 0 Å². The molecule has 188 valence electrons. The fourth-order valence-electron chi connectivity index (χ4n) is 4.90. The Morgan fingerprint density at radius 2 is 1.92 bits per heavy atom. The molecule has 4 aromatic rings. The number of morpholine rings is 1. The third-order valence-electron chi connectivity index (χ3n) is 6.99. The van der Waals surface area contributed by atoms with E-state index in [1.165, 1.54) is 19.2 Å². The summed E-state index contributed by atoms with van der Waals surface area (Å²) in [6.45, 7) is 3.86. The molecule has 3 aromatic heterocycles. The molecule has 37 heavy (non-hydrogen) atoms. The van der Waals surface area contributed by atoms with E-state index in [4.69, 9.17) is 9.47 Å². The molecule has 2 aliphatic heterocycles. The Labute approximate surface area is 213 Å². The third-order valence-corrected chi connectivity index (χ3v) is 6.99. The van der Waals surface area contributed by atoms with Crippen LogP contribution >= 0.6 is 0 Å². The second-order valence-electron chi connectivity index (χ2n) is 9.43. The van der Waals surface area contributed by atoms with E-state index in [0.29, 0.717) is 55.2 Å². The van der Waals surface area contributed by atoms with Crippen molar-refractivity contribution >= 4 is 17.3 Å². The first-order valence-electron chi connectivity index (χ1n) is 12.6. The molecule has 0 unspecified atom stereocenters. The van der Waals surface area contributed by atoms with Crippen molar-refractivity contribution in [2.75, 3.05) is 43.1 Å². The highest BCUT2D eigenvalue weighted by molar-refractivity contribution is 6.05.